The maximum atomic E-state index is 12.6. The molecule has 0 amide bonds. The molecule has 0 aromatic heterocycles. The maximum Gasteiger partial charge on any atom is 0.273 e. The summed E-state index contributed by atoms with van der Waals surface area (Å²) in [5.74, 6) is -0.335. The molecule has 1 heterocycles. The lowest BCUT2D eigenvalue weighted by atomic mass is 9.99. The van der Waals surface area contributed by atoms with Crippen molar-refractivity contribution in [1.82, 2.24) is 0 Å². The number of carbonyl (C=O) groups excluding carboxylic acids is 1. The van der Waals surface area contributed by atoms with Gasteiger partial charge in [0.1, 0.15) is 5.56 Å². The molecule has 4 rings (SSSR count). The Labute approximate surface area is 144 Å². The zero-order valence-corrected chi connectivity index (χ0v) is 13.3. The van der Waals surface area contributed by atoms with E-state index in [1.54, 1.807) is 30.3 Å². The highest BCUT2D eigenvalue weighted by Gasteiger charge is 2.38. The van der Waals surface area contributed by atoms with Crippen LogP contribution >= 0.6 is 11.6 Å². The van der Waals surface area contributed by atoms with Crippen molar-refractivity contribution < 1.29 is 9.53 Å². The molecule has 0 atom stereocenters. The minimum atomic E-state index is -0.335. The van der Waals surface area contributed by atoms with Crippen molar-refractivity contribution in [3.63, 3.8) is 0 Å². The number of hydrogen-bond acceptors (Lipinski definition) is 2. The van der Waals surface area contributed by atoms with E-state index in [-0.39, 0.29) is 17.1 Å². The number of Topliss-reactive ketones (excluding diaryl/α,β-unsaturated/α-hetero) is 1. The molecule has 0 unspecified atom stereocenters. The van der Waals surface area contributed by atoms with Gasteiger partial charge in [0.05, 0.1) is 10.6 Å². The molecule has 0 bridgehead atoms. The first-order valence-electron chi connectivity index (χ1n) is 7.50. The highest BCUT2D eigenvalue weighted by molar-refractivity contribution is 6.54. The fourth-order valence-electron chi connectivity index (χ4n) is 2.94. The lowest BCUT2D eigenvalue weighted by Gasteiger charge is -2.04. The average Bonchev–Trinajstić information content (AvgIpc) is 2.88. The number of halogens is 1. The van der Waals surface area contributed by atoms with Gasteiger partial charge in [-0.2, -0.15) is 4.74 Å². The molecular formula is C20H12ClNO2. The van der Waals surface area contributed by atoms with Crippen LogP contribution in [-0.2, 0) is 0 Å². The summed E-state index contributed by atoms with van der Waals surface area (Å²) < 4.78 is 0.668. The number of benzene rings is 3. The van der Waals surface area contributed by atoms with Crippen LogP contribution in [0.3, 0.4) is 0 Å². The van der Waals surface area contributed by atoms with Gasteiger partial charge in [-0.1, -0.05) is 60.1 Å². The van der Waals surface area contributed by atoms with Crippen molar-refractivity contribution >= 4 is 28.8 Å². The van der Waals surface area contributed by atoms with Crippen LogP contribution in [0.4, 0.5) is 5.69 Å². The molecule has 0 saturated heterocycles. The van der Waals surface area contributed by atoms with E-state index in [9.17, 15) is 10.0 Å². The second-order valence-electron chi connectivity index (χ2n) is 5.55. The minimum Gasteiger partial charge on any atom is -0.618 e. The van der Waals surface area contributed by atoms with Crippen LogP contribution < -0.4 is 0 Å². The number of rotatable bonds is 2. The Morgan fingerprint density at radius 3 is 2.04 bits per heavy atom. The number of carbonyl (C=O) groups is 1. The van der Waals surface area contributed by atoms with Gasteiger partial charge in [0, 0.05) is 6.07 Å². The quantitative estimate of drug-likeness (QED) is 0.497. The fraction of sp³-hybridized carbons (Fsp3) is 0. The first kappa shape index (κ1) is 14.7. The van der Waals surface area contributed by atoms with Crippen LogP contribution in [0.5, 0.6) is 0 Å². The monoisotopic (exact) mass is 333 g/mol. The van der Waals surface area contributed by atoms with Crippen molar-refractivity contribution in [1.29, 1.82) is 0 Å². The fourth-order valence-corrected chi connectivity index (χ4v) is 3.19. The summed E-state index contributed by atoms with van der Waals surface area (Å²) in [5, 5.41) is 12.8. The van der Waals surface area contributed by atoms with Gasteiger partial charge in [0.25, 0.3) is 11.5 Å². The molecule has 3 aromatic carbocycles. The van der Waals surface area contributed by atoms with E-state index in [1.165, 1.54) is 0 Å². The Bertz CT molecular complexity index is 976. The standard InChI is InChI=1S/C20H12ClNO2/c21-16-7-4-8-17-18(16)20(23)19(22(17)24)15-11-9-14(10-12-15)13-5-2-1-3-6-13/h1-12H. The van der Waals surface area contributed by atoms with Crippen LogP contribution in [0, 0.1) is 5.21 Å². The predicted molar refractivity (Wildman–Crippen MR) is 95.1 cm³/mol. The Morgan fingerprint density at radius 1 is 0.750 bits per heavy atom. The summed E-state index contributed by atoms with van der Waals surface area (Å²) in [5.41, 5.74) is 3.38. The summed E-state index contributed by atoms with van der Waals surface area (Å²) >= 11 is 6.09. The number of hydrogen-bond donors (Lipinski definition) is 0. The van der Waals surface area contributed by atoms with Crippen molar-refractivity contribution in [2.24, 2.45) is 0 Å². The minimum absolute atomic E-state index is 0.109. The third-order valence-electron chi connectivity index (χ3n) is 4.12. The summed E-state index contributed by atoms with van der Waals surface area (Å²) in [6.45, 7) is 0. The molecule has 116 valence electrons. The number of fused-ring (bicyclic) bond motifs is 1. The third kappa shape index (κ3) is 2.22. The first-order valence-corrected chi connectivity index (χ1v) is 7.88. The molecule has 3 nitrogen and oxygen atoms in total. The highest BCUT2D eigenvalue weighted by atomic mass is 35.5. The lowest BCUT2D eigenvalue weighted by Crippen LogP contribution is -2.16. The zero-order chi connectivity index (χ0) is 16.7. The second-order valence-corrected chi connectivity index (χ2v) is 5.96. The molecule has 3 aromatic rings. The zero-order valence-electron chi connectivity index (χ0n) is 12.6. The van der Waals surface area contributed by atoms with Gasteiger partial charge in [0.2, 0.25) is 5.69 Å². The van der Waals surface area contributed by atoms with Crippen molar-refractivity contribution in [3.05, 3.63) is 94.2 Å². The Kier molecular flexibility index (Phi) is 3.44. The Hall–Kier alpha value is -2.91. The summed E-state index contributed by atoms with van der Waals surface area (Å²) in [6.07, 6.45) is 0. The van der Waals surface area contributed by atoms with Gasteiger partial charge >= 0.3 is 0 Å². The third-order valence-corrected chi connectivity index (χ3v) is 4.44. The van der Waals surface area contributed by atoms with Crippen LogP contribution in [0.15, 0.2) is 72.8 Å². The molecule has 0 saturated carbocycles. The van der Waals surface area contributed by atoms with Gasteiger partial charge in [-0.15, -0.1) is 0 Å². The Balaban J connectivity index is 1.77. The molecule has 4 heteroatoms. The van der Waals surface area contributed by atoms with Gasteiger partial charge in [-0.3, -0.25) is 4.79 Å². The SMILES string of the molecule is O=C1C(c2ccc(-c3ccccc3)cc2)=[N+]([O-])c2cccc(Cl)c21. The van der Waals surface area contributed by atoms with Gasteiger partial charge in [-0.25, -0.2) is 0 Å². The highest BCUT2D eigenvalue weighted by Crippen LogP contribution is 2.33. The number of nitrogens with zero attached hydrogens (tertiary/aromatic N) is 1. The van der Waals surface area contributed by atoms with Gasteiger partial charge in [-0.05, 0) is 29.3 Å². The van der Waals surface area contributed by atoms with Crippen LogP contribution in [0.1, 0.15) is 15.9 Å². The molecule has 1 aliphatic heterocycles. The van der Waals surface area contributed by atoms with Gasteiger partial charge in [0.15, 0.2) is 0 Å². The van der Waals surface area contributed by atoms with Crippen molar-refractivity contribution in [2.75, 3.05) is 0 Å². The van der Waals surface area contributed by atoms with E-state index in [4.69, 9.17) is 11.6 Å². The van der Waals surface area contributed by atoms with E-state index in [0.29, 0.717) is 21.0 Å². The largest absolute Gasteiger partial charge is 0.618 e. The molecule has 0 radical (unpaired) electrons. The van der Waals surface area contributed by atoms with E-state index < -0.39 is 0 Å². The second kappa shape index (κ2) is 5.62. The molecule has 0 aliphatic carbocycles. The average molecular weight is 334 g/mol. The van der Waals surface area contributed by atoms with E-state index in [1.807, 2.05) is 42.5 Å². The van der Waals surface area contributed by atoms with Crippen LogP contribution in [0.25, 0.3) is 11.1 Å². The smallest absolute Gasteiger partial charge is 0.273 e. The maximum absolute atomic E-state index is 12.6. The molecule has 0 spiro atoms. The first-order chi connectivity index (χ1) is 11.7. The topological polar surface area (TPSA) is 43.1 Å². The van der Waals surface area contributed by atoms with Crippen LogP contribution in [-0.4, -0.2) is 16.2 Å². The Morgan fingerprint density at radius 2 is 1.38 bits per heavy atom. The summed E-state index contributed by atoms with van der Waals surface area (Å²) in [4.78, 5) is 12.6. The summed E-state index contributed by atoms with van der Waals surface area (Å²) in [7, 11) is 0. The van der Waals surface area contributed by atoms with E-state index in [2.05, 4.69) is 0 Å². The lowest BCUT2D eigenvalue weighted by molar-refractivity contribution is -0.355. The van der Waals surface area contributed by atoms with E-state index in [0.717, 1.165) is 11.1 Å². The molecule has 0 fully saturated rings. The normalized spacial score (nSPS) is 13.3. The van der Waals surface area contributed by atoms with Gasteiger partial charge < -0.3 is 5.21 Å². The van der Waals surface area contributed by atoms with E-state index >= 15 is 0 Å². The van der Waals surface area contributed by atoms with Crippen molar-refractivity contribution in [3.8, 4) is 11.1 Å². The summed E-state index contributed by atoms with van der Waals surface area (Å²) in [6, 6.07) is 22.2. The number of ketones is 1. The van der Waals surface area contributed by atoms with Crippen LogP contribution in [0.2, 0.25) is 5.02 Å². The molecular weight excluding hydrogens is 322 g/mol. The molecule has 24 heavy (non-hydrogen) atoms. The molecule has 1 aliphatic rings. The predicted octanol–water partition coefficient (Wildman–Crippen LogP) is 4.83. The van der Waals surface area contributed by atoms with Crippen molar-refractivity contribution in [2.45, 2.75) is 0 Å². The molecule has 0 N–H and O–H groups in total.